The van der Waals surface area contributed by atoms with E-state index in [-0.39, 0.29) is 18.2 Å². The van der Waals surface area contributed by atoms with Gasteiger partial charge >= 0.3 is 0 Å². The smallest absolute Gasteiger partial charge is 0.163 e. The largest absolute Gasteiger partial charge is 0.348 e. The van der Waals surface area contributed by atoms with Crippen molar-refractivity contribution in [3.63, 3.8) is 0 Å². The van der Waals surface area contributed by atoms with Crippen LogP contribution in [0.1, 0.15) is 31.0 Å². The molecule has 3 heteroatoms. The topological polar surface area (TPSA) is 30.5 Å². The average molecular weight is 323 g/mol. The summed E-state index contributed by atoms with van der Waals surface area (Å²) in [5.74, 6) is -0.539. The van der Waals surface area contributed by atoms with Crippen LogP contribution in [-0.2, 0) is 9.47 Å². The van der Waals surface area contributed by atoms with Crippen LogP contribution in [0.25, 0.3) is 0 Å². The predicted octanol–water partition coefficient (Wildman–Crippen LogP) is 4.07. The van der Waals surface area contributed by atoms with E-state index in [1.54, 1.807) is 0 Å². The molecule has 1 N–H and O–H groups in total. The zero-order chi connectivity index (χ0) is 17.0. The summed E-state index contributed by atoms with van der Waals surface area (Å²) in [4.78, 5) is 0. The highest BCUT2D eigenvalue weighted by Crippen LogP contribution is 2.28. The number of hydrogen-bond donors (Lipinski definition) is 1. The molecule has 0 bridgehead atoms. The third-order valence-electron chi connectivity index (χ3n) is 4.31. The highest BCUT2D eigenvalue weighted by molar-refractivity contribution is 5.32. The van der Waals surface area contributed by atoms with Crippen LogP contribution in [-0.4, -0.2) is 24.5 Å². The molecule has 24 heavy (non-hydrogen) atoms. The van der Waals surface area contributed by atoms with Crippen LogP contribution < -0.4 is 5.32 Å². The van der Waals surface area contributed by atoms with Gasteiger partial charge in [-0.05, 0) is 25.0 Å². The number of ether oxygens (including phenoxy) is 2. The molecule has 1 heterocycles. The Morgan fingerprint density at radius 2 is 1.58 bits per heavy atom. The SMILES string of the molecule is C=C[C@@H](NC(c1ccccc1)c1ccccc1)[C@H]1COC(C)(C)O1. The lowest BCUT2D eigenvalue weighted by molar-refractivity contribution is -0.140. The Morgan fingerprint density at radius 3 is 2.00 bits per heavy atom. The van der Waals surface area contributed by atoms with Gasteiger partial charge in [0.15, 0.2) is 5.79 Å². The normalized spacial score (nSPS) is 20.9. The summed E-state index contributed by atoms with van der Waals surface area (Å²) in [5.41, 5.74) is 2.43. The van der Waals surface area contributed by atoms with Crippen LogP contribution in [0, 0.1) is 0 Å². The van der Waals surface area contributed by atoms with Gasteiger partial charge in [-0.25, -0.2) is 0 Å². The molecule has 1 saturated heterocycles. The van der Waals surface area contributed by atoms with Crippen LogP contribution in [0.15, 0.2) is 73.3 Å². The highest BCUT2D eigenvalue weighted by atomic mass is 16.7. The summed E-state index contributed by atoms with van der Waals surface area (Å²) < 4.78 is 11.7. The van der Waals surface area contributed by atoms with Gasteiger partial charge < -0.3 is 9.47 Å². The molecule has 0 unspecified atom stereocenters. The Kier molecular flexibility index (Phi) is 5.14. The molecule has 0 amide bonds. The van der Waals surface area contributed by atoms with Crippen LogP contribution in [0.5, 0.6) is 0 Å². The van der Waals surface area contributed by atoms with Gasteiger partial charge in [-0.1, -0.05) is 66.7 Å². The molecule has 2 aromatic carbocycles. The first-order valence-corrected chi connectivity index (χ1v) is 8.39. The maximum Gasteiger partial charge on any atom is 0.163 e. The van der Waals surface area contributed by atoms with Gasteiger partial charge in [0.05, 0.1) is 18.7 Å². The van der Waals surface area contributed by atoms with Crippen molar-refractivity contribution in [1.82, 2.24) is 5.32 Å². The molecule has 1 aliphatic rings. The summed E-state index contributed by atoms with van der Waals surface area (Å²) in [6.45, 7) is 8.45. The first-order chi connectivity index (χ1) is 11.6. The molecule has 0 aliphatic carbocycles. The molecule has 0 saturated carbocycles. The lowest BCUT2D eigenvalue weighted by atomic mass is 9.97. The molecule has 1 aliphatic heterocycles. The minimum atomic E-state index is -0.539. The van der Waals surface area contributed by atoms with Crippen molar-refractivity contribution in [2.45, 2.75) is 37.8 Å². The van der Waals surface area contributed by atoms with Gasteiger partial charge in [-0.2, -0.15) is 0 Å². The third-order valence-corrected chi connectivity index (χ3v) is 4.31. The molecule has 0 aromatic heterocycles. The summed E-state index contributed by atoms with van der Waals surface area (Å²) in [5, 5.41) is 3.69. The van der Waals surface area contributed by atoms with Gasteiger partial charge in [0.2, 0.25) is 0 Å². The van der Waals surface area contributed by atoms with E-state index in [1.165, 1.54) is 11.1 Å². The zero-order valence-electron chi connectivity index (χ0n) is 14.3. The highest BCUT2D eigenvalue weighted by Gasteiger charge is 2.37. The molecule has 126 valence electrons. The molecular weight excluding hydrogens is 298 g/mol. The van der Waals surface area contributed by atoms with Gasteiger partial charge in [0.1, 0.15) is 6.10 Å². The van der Waals surface area contributed by atoms with Crippen molar-refractivity contribution >= 4 is 0 Å². The fraction of sp³-hybridized carbons (Fsp3) is 0.333. The van der Waals surface area contributed by atoms with Crippen LogP contribution in [0.3, 0.4) is 0 Å². The molecule has 2 aromatic rings. The lowest BCUT2D eigenvalue weighted by Crippen LogP contribution is -2.42. The number of hydrogen-bond acceptors (Lipinski definition) is 3. The van der Waals surface area contributed by atoms with Crippen molar-refractivity contribution in [2.24, 2.45) is 0 Å². The second-order valence-corrected chi connectivity index (χ2v) is 6.55. The Hall–Kier alpha value is -1.94. The quantitative estimate of drug-likeness (QED) is 0.813. The molecule has 1 fully saturated rings. The average Bonchev–Trinajstić information content (AvgIpc) is 2.97. The second kappa shape index (κ2) is 7.31. The maximum absolute atomic E-state index is 6.02. The van der Waals surface area contributed by atoms with Gasteiger partial charge in [-0.3, -0.25) is 5.32 Å². The second-order valence-electron chi connectivity index (χ2n) is 6.55. The lowest BCUT2D eigenvalue weighted by Gasteiger charge is -2.28. The minimum absolute atomic E-state index is 0.00260. The van der Waals surface area contributed by atoms with Crippen LogP contribution >= 0.6 is 0 Å². The molecule has 0 spiro atoms. The number of nitrogens with one attached hydrogen (secondary N) is 1. The monoisotopic (exact) mass is 323 g/mol. The fourth-order valence-electron chi connectivity index (χ4n) is 3.09. The van der Waals surface area contributed by atoms with E-state index >= 15 is 0 Å². The van der Waals surface area contributed by atoms with E-state index in [4.69, 9.17) is 9.47 Å². The molecule has 3 nitrogen and oxygen atoms in total. The van der Waals surface area contributed by atoms with E-state index in [0.717, 1.165) is 0 Å². The molecule has 0 radical (unpaired) electrons. The molecular formula is C21H25NO2. The summed E-state index contributed by atoms with van der Waals surface area (Å²) >= 11 is 0. The first-order valence-electron chi connectivity index (χ1n) is 8.39. The van der Waals surface area contributed by atoms with E-state index in [9.17, 15) is 0 Å². The Balaban J connectivity index is 1.85. The van der Waals surface area contributed by atoms with E-state index in [0.29, 0.717) is 6.61 Å². The van der Waals surface area contributed by atoms with Crippen molar-refractivity contribution in [2.75, 3.05) is 6.61 Å². The van der Waals surface area contributed by atoms with Gasteiger partial charge in [0, 0.05) is 0 Å². The molecule has 2 atom stereocenters. The van der Waals surface area contributed by atoms with Crippen LogP contribution in [0.2, 0.25) is 0 Å². The summed E-state index contributed by atoms with van der Waals surface area (Å²) in [7, 11) is 0. The third kappa shape index (κ3) is 3.93. The van der Waals surface area contributed by atoms with Gasteiger partial charge in [-0.15, -0.1) is 6.58 Å². The van der Waals surface area contributed by atoms with E-state index in [1.807, 2.05) is 32.1 Å². The maximum atomic E-state index is 6.02. The first kappa shape index (κ1) is 16.9. The Labute approximate surface area is 144 Å². The Morgan fingerprint density at radius 1 is 1.04 bits per heavy atom. The fourth-order valence-corrected chi connectivity index (χ4v) is 3.09. The van der Waals surface area contributed by atoms with Crippen LogP contribution in [0.4, 0.5) is 0 Å². The standard InChI is InChI=1S/C21H25NO2/c1-4-18(19-15-23-21(2,3)24-19)22-20(16-11-7-5-8-12-16)17-13-9-6-10-14-17/h4-14,18-20,22H,1,15H2,2-3H3/t18-,19-/m1/s1. The minimum Gasteiger partial charge on any atom is -0.348 e. The summed E-state index contributed by atoms with van der Waals surface area (Å²) in [6.07, 6.45) is 1.86. The zero-order valence-corrected chi connectivity index (χ0v) is 14.3. The number of benzene rings is 2. The van der Waals surface area contributed by atoms with Crippen molar-refractivity contribution in [1.29, 1.82) is 0 Å². The van der Waals surface area contributed by atoms with Crippen molar-refractivity contribution < 1.29 is 9.47 Å². The Bertz CT molecular complexity index is 615. The van der Waals surface area contributed by atoms with Crippen molar-refractivity contribution in [3.05, 3.63) is 84.4 Å². The predicted molar refractivity (Wildman–Crippen MR) is 96.8 cm³/mol. The number of rotatable bonds is 6. The van der Waals surface area contributed by atoms with E-state index in [2.05, 4.69) is 60.4 Å². The molecule has 3 rings (SSSR count). The van der Waals surface area contributed by atoms with Gasteiger partial charge in [0.25, 0.3) is 0 Å². The summed E-state index contributed by atoms with van der Waals surface area (Å²) in [6, 6.07) is 21.0. The van der Waals surface area contributed by atoms with Crippen molar-refractivity contribution in [3.8, 4) is 0 Å². The van der Waals surface area contributed by atoms with E-state index < -0.39 is 5.79 Å².